The third-order valence-electron chi connectivity index (χ3n) is 5.49. The van der Waals surface area contributed by atoms with Crippen LogP contribution in [0.25, 0.3) is 0 Å². The summed E-state index contributed by atoms with van der Waals surface area (Å²) < 4.78 is 19.5. The molecule has 0 bridgehead atoms. The summed E-state index contributed by atoms with van der Waals surface area (Å²) >= 11 is 0. The number of halogens is 1. The van der Waals surface area contributed by atoms with Crippen molar-refractivity contribution in [3.8, 4) is 0 Å². The van der Waals surface area contributed by atoms with E-state index in [9.17, 15) is 4.39 Å². The van der Waals surface area contributed by atoms with Crippen LogP contribution >= 0.6 is 0 Å². The molecule has 4 heterocycles. The summed E-state index contributed by atoms with van der Waals surface area (Å²) in [6.45, 7) is 8.02. The fourth-order valence-electron chi connectivity index (χ4n) is 3.99. The minimum Gasteiger partial charge on any atom is -0.378 e. The van der Waals surface area contributed by atoms with Crippen LogP contribution in [-0.4, -0.2) is 72.9 Å². The van der Waals surface area contributed by atoms with Crippen molar-refractivity contribution in [3.63, 3.8) is 0 Å². The molecule has 6 nitrogen and oxygen atoms in total. The Hall–Kier alpha value is -1.47. The smallest absolute Gasteiger partial charge is 0.227 e. The molecule has 1 atom stereocenters. The zero-order valence-electron chi connectivity index (χ0n) is 14.3. The molecule has 24 heavy (non-hydrogen) atoms. The summed E-state index contributed by atoms with van der Waals surface area (Å²) in [5.41, 5.74) is 0. The van der Waals surface area contributed by atoms with E-state index in [1.165, 1.54) is 32.0 Å². The summed E-state index contributed by atoms with van der Waals surface area (Å²) in [5, 5.41) is 0. The first-order chi connectivity index (χ1) is 11.7. The van der Waals surface area contributed by atoms with Crippen LogP contribution in [0.1, 0.15) is 26.2 Å². The molecule has 7 heteroatoms. The van der Waals surface area contributed by atoms with Crippen molar-refractivity contribution in [2.75, 3.05) is 55.7 Å². The summed E-state index contributed by atoms with van der Waals surface area (Å²) in [4.78, 5) is 15.5. The highest BCUT2D eigenvalue weighted by Gasteiger charge is 2.36. The number of morpholine rings is 1. The Morgan fingerprint density at radius 2 is 1.92 bits per heavy atom. The highest BCUT2D eigenvalue weighted by atomic mass is 19.1. The second kappa shape index (κ2) is 6.80. The van der Waals surface area contributed by atoms with Gasteiger partial charge >= 0.3 is 0 Å². The highest BCUT2D eigenvalue weighted by Crippen LogP contribution is 2.28. The normalized spacial score (nSPS) is 26.5. The topological polar surface area (TPSA) is 44.7 Å². The third-order valence-corrected chi connectivity index (χ3v) is 5.49. The average molecular weight is 335 g/mol. The van der Waals surface area contributed by atoms with Gasteiger partial charge in [-0.05, 0) is 26.3 Å². The predicted molar refractivity (Wildman–Crippen MR) is 91.0 cm³/mol. The number of nitrogens with zero attached hydrogens (tertiary/aromatic N) is 5. The van der Waals surface area contributed by atoms with Crippen molar-refractivity contribution in [2.45, 2.75) is 38.3 Å². The van der Waals surface area contributed by atoms with E-state index in [1.54, 1.807) is 0 Å². The standard InChI is InChI=1S/C17H26FN5O/c1-13-4-2-3-5-23(13)14-11-22(12-14)17-19-10-15(18)16(20-17)21-6-8-24-9-7-21/h10,13-14H,2-9,11-12H2,1H3/t13-/m1/s1. The number of ether oxygens (including phenoxy) is 1. The van der Waals surface area contributed by atoms with Gasteiger partial charge in [0.25, 0.3) is 0 Å². The molecule has 3 aliphatic heterocycles. The van der Waals surface area contributed by atoms with Gasteiger partial charge in [0.15, 0.2) is 11.6 Å². The number of hydrogen-bond donors (Lipinski definition) is 0. The van der Waals surface area contributed by atoms with Gasteiger partial charge in [-0.25, -0.2) is 9.37 Å². The number of piperidine rings is 1. The van der Waals surface area contributed by atoms with Gasteiger partial charge in [-0.2, -0.15) is 4.98 Å². The minimum atomic E-state index is -0.345. The van der Waals surface area contributed by atoms with Crippen LogP contribution in [0.2, 0.25) is 0 Å². The van der Waals surface area contributed by atoms with Gasteiger partial charge in [-0.15, -0.1) is 0 Å². The molecule has 1 aromatic rings. The van der Waals surface area contributed by atoms with E-state index in [0.717, 1.165) is 13.1 Å². The molecule has 132 valence electrons. The largest absolute Gasteiger partial charge is 0.378 e. The Morgan fingerprint density at radius 1 is 1.12 bits per heavy atom. The molecule has 0 aromatic carbocycles. The first kappa shape index (κ1) is 16.0. The predicted octanol–water partition coefficient (Wildman–Crippen LogP) is 1.52. The fourth-order valence-corrected chi connectivity index (χ4v) is 3.99. The molecule has 0 spiro atoms. The maximum atomic E-state index is 14.1. The molecule has 3 fully saturated rings. The van der Waals surface area contributed by atoms with Crippen LogP contribution in [0, 0.1) is 5.82 Å². The first-order valence-corrected chi connectivity index (χ1v) is 9.08. The lowest BCUT2D eigenvalue weighted by atomic mass is 9.98. The van der Waals surface area contributed by atoms with E-state index in [1.807, 2.05) is 4.90 Å². The number of rotatable bonds is 3. The maximum absolute atomic E-state index is 14.1. The lowest BCUT2D eigenvalue weighted by Gasteiger charge is -2.49. The van der Waals surface area contributed by atoms with Gasteiger partial charge in [-0.3, -0.25) is 4.90 Å². The minimum absolute atomic E-state index is 0.345. The molecule has 0 amide bonds. The second-order valence-corrected chi connectivity index (χ2v) is 7.08. The van der Waals surface area contributed by atoms with Gasteiger partial charge in [0.1, 0.15) is 0 Å². The van der Waals surface area contributed by atoms with Crippen LogP contribution < -0.4 is 9.80 Å². The Labute approximate surface area is 142 Å². The second-order valence-electron chi connectivity index (χ2n) is 7.08. The van der Waals surface area contributed by atoms with Crippen LogP contribution in [0.3, 0.4) is 0 Å². The van der Waals surface area contributed by atoms with E-state index in [4.69, 9.17) is 4.74 Å². The lowest BCUT2D eigenvalue weighted by molar-refractivity contribution is 0.0869. The third kappa shape index (κ3) is 3.07. The van der Waals surface area contributed by atoms with Crippen molar-refractivity contribution in [1.82, 2.24) is 14.9 Å². The van der Waals surface area contributed by atoms with Crippen molar-refractivity contribution >= 4 is 11.8 Å². The summed E-state index contributed by atoms with van der Waals surface area (Å²) in [6.07, 6.45) is 5.25. The maximum Gasteiger partial charge on any atom is 0.227 e. The van der Waals surface area contributed by atoms with Crippen molar-refractivity contribution in [3.05, 3.63) is 12.0 Å². The molecule has 0 aliphatic carbocycles. The molecule has 1 aromatic heterocycles. The zero-order valence-corrected chi connectivity index (χ0v) is 14.3. The van der Waals surface area contributed by atoms with E-state index in [2.05, 4.69) is 26.7 Å². The number of hydrogen-bond acceptors (Lipinski definition) is 6. The molecule has 3 saturated heterocycles. The SMILES string of the molecule is C[C@@H]1CCCCN1C1CN(c2ncc(F)c(N3CCOCC3)n2)C1. The molecule has 4 rings (SSSR count). The summed E-state index contributed by atoms with van der Waals surface area (Å²) in [5.74, 6) is 0.722. The van der Waals surface area contributed by atoms with Crippen LogP contribution in [-0.2, 0) is 4.74 Å². The average Bonchev–Trinajstić information content (AvgIpc) is 2.57. The molecular formula is C17H26FN5O. The van der Waals surface area contributed by atoms with Gasteiger partial charge in [-0.1, -0.05) is 6.42 Å². The van der Waals surface area contributed by atoms with Crippen LogP contribution in [0.5, 0.6) is 0 Å². The molecular weight excluding hydrogens is 309 g/mol. The highest BCUT2D eigenvalue weighted by molar-refractivity contribution is 5.47. The first-order valence-electron chi connectivity index (χ1n) is 9.08. The van der Waals surface area contributed by atoms with Crippen molar-refractivity contribution < 1.29 is 9.13 Å². The quantitative estimate of drug-likeness (QED) is 0.834. The van der Waals surface area contributed by atoms with Gasteiger partial charge in [0.05, 0.1) is 19.4 Å². The van der Waals surface area contributed by atoms with Gasteiger partial charge in [0, 0.05) is 38.3 Å². The number of anilines is 2. The van der Waals surface area contributed by atoms with E-state index < -0.39 is 0 Å². The zero-order chi connectivity index (χ0) is 16.5. The van der Waals surface area contributed by atoms with E-state index in [0.29, 0.717) is 50.2 Å². The van der Waals surface area contributed by atoms with Crippen molar-refractivity contribution in [1.29, 1.82) is 0 Å². The Kier molecular flexibility index (Phi) is 4.54. The fraction of sp³-hybridized carbons (Fsp3) is 0.765. The van der Waals surface area contributed by atoms with Gasteiger partial charge < -0.3 is 14.5 Å². The van der Waals surface area contributed by atoms with Crippen molar-refractivity contribution in [2.24, 2.45) is 0 Å². The monoisotopic (exact) mass is 335 g/mol. The Balaban J connectivity index is 1.42. The van der Waals surface area contributed by atoms with E-state index in [-0.39, 0.29) is 5.82 Å². The lowest BCUT2D eigenvalue weighted by Crippen LogP contribution is -2.62. The molecule has 0 unspecified atom stereocenters. The van der Waals surface area contributed by atoms with E-state index >= 15 is 0 Å². The van der Waals surface area contributed by atoms with Crippen LogP contribution in [0.15, 0.2) is 6.20 Å². The Morgan fingerprint density at radius 3 is 2.67 bits per heavy atom. The molecule has 0 saturated carbocycles. The molecule has 0 N–H and O–H groups in total. The number of likely N-dealkylation sites (tertiary alicyclic amines) is 1. The molecule has 3 aliphatic rings. The number of aromatic nitrogens is 2. The summed E-state index contributed by atoms with van der Waals surface area (Å²) in [6, 6.07) is 1.25. The Bertz CT molecular complexity index is 574. The molecule has 0 radical (unpaired) electrons. The van der Waals surface area contributed by atoms with Gasteiger partial charge in [0.2, 0.25) is 5.95 Å². The summed E-state index contributed by atoms with van der Waals surface area (Å²) in [7, 11) is 0. The van der Waals surface area contributed by atoms with Crippen LogP contribution in [0.4, 0.5) is 16.2 Å².